The second-order valence-corrected chi connectivity index (χ2v) is 12.2. The van der Waals surface area contributed by atoms with Gasteiger partial charge in [0.25, 0.3) is 11.8 Å². The molecule has 42 heavy (non-hydrogen) atoms. The van der Waals surface area contributed by atoms with Crippen molar-refractivity contribution < 1.29 is 14.3 Å². The van der Waals surface area contributed by atoms with Gasteiger partial charge in [-0.2, -0.15) is 0 Å². The monoisotopic (exact) mass is 567 g/mol. The predicted octanol–water partition coefficient (Wildman–Crippen LogP) is 6.99. The summed E-state index contributed by atoms with van der Waals surface area (Å²) >= 11 is 0. The van der Waals surface area contributed by atoms with Crippen LogP contribution in [0.3, 0.4) is 0 Å². The van der Waals surface area contributed by atoms with E-state index in [0.29, 0.717) is 30.1 Å². The third-order valence-electron chi connectivity index (χ3n) is 8.64. The lowest BCUT2D eigenvalue weighted by Gasteiger charge is -2.39. The molecule has 6 heteroatoms. The Balaban J connectivity index is 1.42. The van der Waals surface area contributed by atoms with Gasteiger partial charge >= 0.3 is 0 Å². The molecule has 6 nitrogen and oxygen atoms in total. The second-order valence-electron chi connectivity index (χ2n) is 12.2. The van der Waals surface area contributed by atoms with Crippen LogP contribution in [0.5, 0.6) is 5.75 Å². The second kappa shape index (κ2) is 13.6. The molecule has 0 N–H and O–H groups in total. The molecule has 0 radical (unpaired) electrons. The Morgan fingerprint density at radius 2 is 1.52 bits per heavy atom. The maximum Gasteiger partial charge on any atom is 0.267 e. The van der Waals surface area contributed by atoms with Gasteiger partial charge in [-0.3, -0.25) is 14.5 Å². The summed E-state index contributed by atoms with van der Waals surface area (Å²) in [5.41, 5.74) is 4.70. The van der Waals surface area contributed by atoms with Crippen LogP contribution in [0.4, 0.5) is 5.69 Å². The van der Waals surface area contributed by atoms with Gasteiger partial charge in [0.15, 0.2) is 6.10 Å². The Bertz CT molecular complexity index is 1310. The number of carbonyl (C=O) groups excluding carboxylic acids is 2. The third kappa shape index (κ3) is 6.87. The number of hydrogen-bond donors (Lipinski definition) is 0. The van der Waals surface area contributed by atoms with Crippen LogP contribution < -0.4 is 9.64 Å². The molecule has 3 aromatic carbocycles. The maximum absolute atomic E-state index is 14.1. The van der Waals surface area contributed by atoms with Crippen molar-refractivity contribution in [2.45, 2.75) is 91.1 Å². The fourth-order valence-electron chi connectivity index (χ4n) is 6.47. The van der Waals surface area contributed by atoms with E-state index in [1.165, 1.54) is 30.4 Å². The molecule has 222 valence electrons. The van der Waals surface area contributed by atoms with Crippen LogP contribution in [0.15, 0.2) is 72.8 Å². The molecule has 0 aromatic heterocycles. The van der Waals surface area contributed by atoms with Crippen LogP contribution in [0.25, 0.3) is 0 Å². The van der Waals surface area contributed by atoms with Gasteiger partial charge in [0.05, 0.1) is 5.69 Å². The average Bonchev–Trinajstić information content (AvgIpc) is 2.98. The summed E-state index contributed by atoms with van der Waals surface area (Å²) in [6.45, 7) is 10.7. The maximum atomic E-state index is 14.1. The Labute approximate surface area is 251 Å². The van der Waals surface area contributed by atoms with Crippen LogP contribution in [0.1, 0.15) is 79.9 Å². The van der Waals surface area contributed by atoms with E-state index in [9.17, 15) is 9.59 Å². The number of rotatable bonds is 10. The van der Waals surface area contributed by atoms with Crippen molar-refractivity contribution in [2.24, 2.45) is 0 Å². The number of ether oxygens (including phenoxy) is 1. The molecular weight excluding hydrogens is 522 g/mol. The van der Waals surface area contributed by atoms with Crippen molar-refractivity contribution in [2.75, 3.05) is 18.0 Å². The van der Waals surface area contributed by atoms with E-state index in [1.54, 1.807) is 0 Å². The molecule has 1 unspecified atom stereocenters. The summed E-state index contributed by atoms with van der Waals surface area (Å²) < 4.78 is 6.08. The molecule has 1 aliphatic carbocycles. The van der Waals surface area contributed by atoms with E-state index in [2.05, 4.69) is 72.2 Å². The summed E-state index contributed by atoms with van der Waals surface area (Å²) in [5.74, 6) is 0.651. The SMILES string of the molecule is Cc1cc2c(cc1C(=O)N(C(C)C)C1CCCCC1)N(CCN(Cc1ccccc1)Cc1ccccc1)C(=O)C(C)O2. The molecule has 0 bridgehead atoms. The first kappa shape index (κ1) is 29.8. The molecule has 1 aliphatic heterocycles. The minimum atomic E-state index is -0.579. The summed E-state index contributed by atoms with van der Waals surface area (Å²) in [4.78, 5) is 33.9. The highest BCUT2D eigenvalue weighted by Gasteiger charge is 2.35. The fraction of sp³-hybridized carbons (Fsp3) is 0.444. The first-order valence-corrected chi connectivity index (χ1v) is 15.6. The average molecular weight is 568 g/mol. The van der Waals surface area contributed by atoms with Gasteiger partial charge in [0.1, 0.15) is 5.75 Å². The molecule has 2 aliphatic rings. The predicted molar refractivity (Wildman–Crippen MR) is 169 cm³/mol. The Morgan fingerprint density at radius 1 is 0.929 bits per heavy atom. The lowest BCUT2D eigenvalue weighted by Crippen LogP contribution is -2.48. The number of carbonyl (C=O) groups is 2. The van der Waals surface area contributed by atoms with Crippen molar-refractivity contribution in [3.05, 3.63) is 95.1 Å². The zero-order valence-corrected chi connectivity index (χ0v) is 25.6. The summed E-state index contributed by atoms with van der Waals surface area (Å²) in [5, 5.41) is 0. The van der Waals surface area contributed by atoms with Crippen LogP contribution in [-0.4, -0.2) is 52.9 Å². The topological polar surface area (TPSA) is 53.1 Å². The molecule has 1 atom stereocenters. The van der Waals surface area contributed by atoms with E-state index in [-0.39, 0.29) is 23.9 Å². The standard InChI is InChI=1S/C36H45N3O3/c1-26(2)39(31-18-12-7-13-19-31)36(41)32-23-33-34(22-27(32)3)42-28(4)35(40)38(33)21-20-37(24-29-14-8-5-9-15-29)25-30-16-10-6-11-17-30/h5-6,8-11,14-17,22-23,26,28,31H,7,12-13,18-21,24-25H2,1-4H3. The number of benzene rings is 3. The van der Waals surface area contributed by atoms with Crippen LogP contribution in [-0.2, 0) is 17.9 Å². The van der Waals surface area contributed by atoms with Crippen LogP contribution in [0.2, 0.25) is 0 Å². The zero-order valence-electron chi connectivity index (χ0n) is 25.6. The fourth-order valence-corrected chi connectivity index (χ4v) is 6.47. The smallest absolute Gasteiger partial charge is 0.267 e. The van der Waals surface area contributed by atoms with E-state index in [1.807, 2.05) is 43.0 Å². The summed E-state index contributed by atoms with van der Waals surface area (Å²) in [6, 6.07) is 25.1. The van der Waals surface area contributed by atoms with Crippen LogP contribution >= 0.6 is 0 Å². The molecule has 5 rings (SSSR count). The zero-order chi connectivity index (χ0) is 29.6. The highest BCUT2D eigenvalue weighted by atomic mass is 16.5. The minimum Gasteiger partial charge on any atom is -0.479 e. The first-order valence-electron chi connectivity index (χ1n) is 15.6. The largest absolute Gasteiger partial charge is 0.479 e. The van der Waals surface area contributed by atoms with Gasteiger partial charge in [0, 0.05) is 43.8 Å². The molecule has 1 fully saturated rings. The van der Waals surface area contributed by atoms with E-state index >= 15 is 0 Å². The van der Waals surface area contributed by atoms with Crippen molar-refractivity contribution in [1.29, 1.82) is 0 Å². The lowest BCUT2D eigenvalue weighted by atomic mass is 9.92. The molecule has 1 heterocycles. The van der Waals surface area contributed by atoms with Crippen molar-refractivity contribution in [3.63, 3.8) is 0 Å². The van der Waals surface area contributed by atoms with Crippen molar-refractivity contribution >= 4 is 17.5 Å². The number of hydrogen-bond acceptors (Lipinski definition) is 4. The van der Waals surface area contributed by atoms with Crippen LogP contribution in [0, 0.1) is 6.92 Å². The Morgan fingerprint density at radius 3 is 2.10 bits per heavy atom. The van der Waals surface area contributed by atoms with Gasteiger partial charge in [-0.05, 0) is 69.4 Å². The van der Waals surface area contributed by atoms with Gasteiger partial charge in [0.2, 0.25) is 0 Å². The Hall–Kier alpha value is -3.64. The van der Waals surface area contributed by atoms with E-state index in [4.69, 9.17) is 4.74 Å². The summed E-state index contributed by atoms with van der Waals surface area (Å²) in [6.07, 6.45) is 5.11. The molecule has 0 saturated heterocycles. The number of fused-ring (bicyclic) bond motifs is 1. The quantitative estimate of drug-likeness (QED) is 0.265. The van der Waals surface area contributed by atoms with Gasteiger partial charge in [-0.1, -0.05) is 79.9 Å². The van der Waals surface area contributed by atoms with E-state index < -0.39 is 6.10 Å². The normalized spacial score (nSPS) is 17.3. The van der Waals surface area contributed by atoms with Crippen molar-refractivity contribution in [3.8, 4) is 5.75 Å². The lowest BCUT2D eigenvalue weighted by molar-refractivity contribution is -0.125. The Kier molecular flexibility index (Phi) is 9.63. The molecule has 2 amide bonds. The highest BCUT2D eigenvalue weighted by molar-refractivity contribution is 6.03. The number of nitrogens with zero attached hydrogens (tertiary/aromatic N) is 3. The third-order valence-corrected chi connectivity index (χ3v) is 8.64. The molecular formula is C36H45N3O3. The molecule has 0 spiro atoms. The van der Waals surface area contributed by atoms with Gasteiger partial charge < -0.3 is 14.5 Å². The van der Waals surface area contributed by atoms with E-state index in [0.717, 1.165) is 31.5 Å². The number of amides is 2. The molecule has 3 aromatic rings. The number of anilines is 1. The van der Waals surface area contributed by atoms with Gasteiger partial charge in [-0.25, -0.2) is 0 Å². The highest BCUT2D eigenvalue weighted by Crippen LogP contribution is 2.38. The number of aryl methyl sites for hydroxylation is 1. The summed E-state index contributed by atoms with van der Waals surface area (Å²) in [7, 11) is 0. The minimum absolute atomic E-state index is 0.0537. The van der Waals surface area contributed by atoms with Crippen molar-refractivity contribution in [1.82, 2.24) is 9.80 Å². The molecule has 1 saturated carbocycles. The first-order chi connectivity index (χ1) is 20.3. The van der Waals surface area contributed by atoms with Gasteiger partial charge in [-0.15, -0.1) is 0 Å².